The van der Waals surface area contributed by atoms with Gasteiger partial charge >= 0.3 is 0 Å². The Balaban J connectivity index is 1.98. The first-order valence-electron chi connectivity index (χ1n) is 6.11. The van der Waals surface area contributed by atoms with E-state index in [1.54, 1.807) is 4.68 Å². The van der Waals surface area contributed by atoms with E-state index in [9.17, 15) is 0 Å². The molecule has 2 heterocycles. The molecule has 6 nitrogen and oxygen atoms in total. The van der Waals surface area contributed by atoms with Gasteiger partial charge in [-0.2, -0.15) is 0 Å². The van der Waals surface area contributed by atoms with Crippen molar-refractivity contribution in [3.8, 4) is 5.75 Å². The molecule has 0 aliphatic carbocycles. The smallest absolute Gasteiger partial charge is 0.168 e. The molecule has 3 rings (SSSR count). The highest BCUT2D eigenvalue weighted by atomic mass is 79.9. The van der Waals surface area contributed by atoms with Crippen LogP contribution in [0.1, 0.15) is 29.9 Å². The van der Waals surface area contributed by atoms with Crippen molar-refractivity contribution < 1.29 is 4.74 Å². The van der Waals surface area contributed by atoms with Crippen molar-refractivity contribution in [3.05, 3.63) is 33.6 Å². The van der Waals surface area contributed by atoms with Crippen LogP contribution in [0.25, 0.3) is 0 Å². The maximum absolute atomic E-state index is 5.85. The third-order valence-electron chi connectivity index (χ3n) is 3.11. The summed E-state index contributed by atoms with van der Waals surface area (Å²) in [5, 5.41) is 11.6. The van der Waals surface area contributed by atoms with Crippen LogP contribution in [-0.4, -0.2) is 26.8 Å². The minimum absolute atomic E-state index is 0.198. The maximum atomic E-state index is 5.85. The number of hydrogen-bond acceptors (Lipinski definition) is 5. The highest BCUT2D eigenvalue weighted by Gasteiger charge is 2.19. The van der Waals surface area contributed by atoms with Crippen molar-refractivity contribution in [3.63, 3.8) is 0 Å². The molecule has 0 radical (unpaired) electrons. The van der Waals surface area contributed by atoms with Crippen molar-refractivity contribution in [2.24, 2.45) is 5.73 Å². The van der Waals surface area contributed by atoms with Gasteiger partial charge in [0.1, 0.15) is 5.75 Å². The Labute approximate surface area is 119 Å². The Bertz CT molecular complexity index is 610. The Morgan fingerprint density at radius 3 is 3.16 bits per heavy atom. The van der Waals surface area contributed by atoms with Gasteiger partial charge in [-0.3, -0.25) is 0 Å². The molecule has 7 heteroatoms. The van der Waals surface area contributed by atoms with Gasteiger partial charge in [0, 0.05) is 16.5 Å². The Hall–Kier alpha value is -1.47. The summed E-state index contributed by atoms with van der Waals surface area (Å²) >= 11 is 3.53. The second kappa shape index (κ2) is 4.90. The van der Waals surface area contributed by atoms with Crippen LogP contribution in [0.3, 0.4) is 0 Å². The fraction of sp³-hybridized carbons (Fsp3) is 0.417. The van der Waals surface area contributed by atoms with Gasteiger partial charge in [-0.1, -0.05) is 15.9 Å². The number of hydrogen-bond donors (Lipinski definition) is 1. The molecule has 1 aromatic carbocycles. The predicted octanol–water partition coefficient (Wildman–Crippen LogP) is 1.44. The van der Waals surface area contributed by atoms with E-state index in [4.69, 9.17) is 10.5 Å². The van der Waals surface area contributed by atoms with Crippen LogP contribution in [0, 0.1) is 0 Å². The normalized spacial score (nSPS) is 15.1. The zero-order chi connectivity index (χ0) is 13.4. The number of nitrogens with two attached hydrogens (primary N) is 1. The summed E-state index contributed by atoms with van der Waals surface area (Å²) in [6.07, 6.45) is 0.942. The molecule has 2 aromatic rings. The molecule has 2 N–H and O–H groups in total. The predicted molar refractivity (Wildman–Crippen MR) is 72.9 cm³/mol. The first-order valence-corrected chi connectivity index (χ1v) is 6.90. The van der Waals surface area contributed by atoms with E-state index in [0.717, 1.165) is 28.8 Å². The van der Waals surface area contributed by atoms with Gasteiger partial charge in [-0.15, -0.1) is 5.10 Å². The van der Waals surface area contributed by atoms with E-state index in [2.05, 4.69) is 37.5 Å². The summed E-state index contributed by atoms with van der Waals surface area (Å²) in [6.45, 7) is 3.16. The molecular formula is C12H14BrN5O. The quantitative estimate of drug-likeness (QED) is 0.924. The highest BCUT2D eigenvalue weighted by Crippen LogP contribution is 2.33. The number of benzene rings is 1. The van der Waals surface area contributed by atoms with Crippen molar-refractivity contribution in [2.75, 3.05) is 6.61 Å². The van der Waals surface area contributed by atoms with Gasteiger partial charge in [-0.25, -0.2) is 4.68 Å². The molecule has 0 amide bonds. The SMILES string of the molecule is CC(N)c1nnnn1Cc1cc(Br)cc2c1OCC2. The molecule has 0 fully saturated rings. The Kier molecular flexibility index (Phi) is 3.24. The van der Waals surface area contributed by atoms with Crippen LogP contribution in [-0.2, 0) is 13.0 Å². The minimum atomic E-state index is -0.198. The lowest BCUT2D eigenvalue weighted by molar-refractivity contribution is 0.351. The number of ether oxygens (including phenoxy) is 1. The second-order valence-corrected chi connectivity index (χ2v) is 5.55. The monoisotopic (exact) mass is 323 g/mol. The van der Waals surface area contributed by atoms with E-state index >= 15 is 0 Å². The maximum Gasteiger partial charge on any atom is 0.168 e. The third kappa shape index (κ3) is 2.35. The fourth-order valence-corrected chi connectivity index (χ4v) is 2.83. The average Bonchev–Trinajstić information content (AvgIpc) is 2.96. The summed E-state index contributed by atoms with van der Waals surface area (Å²) in [5.41, 5.74) is 8.14. The molecule has 1 atom stereocenters. The van der Waals surface area contributed by atoms with Crippen molar-refractivity contribution in [1.82, 2.24) is 20.2 Å². The van der Waals surface area contributed by atoms with Crippen LogP contribution < -0.4 is 10.5 Å². The first kappa shape index (κ1) is 12.6. The van der Waals surface area contributed by atoms with Crippen LogP contribution >= 0.6 is 15.9 Å². The lowest BCUT2D eigenvalue weighted by atomic mass is 10.1. The zero-order valence-electron chi connectivity index (χ0n) is 10.5. The summed E-state index contributed by atoms with van der Waals surface area (Å²) < 4.78 is 8.46. The lowest BCUT2D eigenvalue weighted by Crippen LogP contribution is -2.15. The third-order valence-corrected chi connectivity index (χ3v) is 3.57. The molecule has 1 aromatic heterocycles. The number of halogens is 1. The summed E-state index contributed by atoms with van der Waals surface area (Å²) in [4.78, 5) is 0. The van der Waals surface area contributed by atoms with Crippen LogP contribution in [0.15, 0.2) is 16.6 Å². The van der Waals surface area contributed by atoms with Gasteiger partial charge in [0.2, 0.25) is 0 Å². The van der Waals surface area contributed by atoms with Crippen molar-refractivity contribution in [1.29, 1.82) is 0 Å². The van der Waals surface area contributed by atoms with Crippen LogP contribution in [0.4, 0.5) is 0 Å². The van der Waals surface area contributed by atoms with Gasteiger partial charge in [0.25, 0.3) is 0 Å². The van der Waals surface area contributed by atoms with E-state index in [-0.39, 0.29) is 6.04 Å². The number of rotatable bonds is 3. The topological polar surface area (TPSA) is 78.9 Å². The molecule has 0 saturated heterocycles. The summed E-state index contributed by atoms with van der Waals surface area (Å²) in [7, 11) is 0. The van der Waals surface area contributed by atoms with E-state index in [1.165, 1.54) is 5.56 Å². The standard InChI is InChI=1S/C12H14BrN5O/c1-7(14)12-15-16-17-18(12)6-9-5-10(13)4-8-2-3-19-11(8)9/h4-5,7H,2-3,6,14H2,1H3. The van der Waals surface area contributed by atoms with Crippen LogP contribution in [0.2, 0.25) is 0 Å². The van der Waals surface area contributed by atoms with E-state index in [1.807, 2.05) is 13.0 Å². The number of aromatic nitrogens is 4. The molecule has 1 unspecified atom stereocenters. The van der Waals surface area contributed by atoms with Crippen molar-refractivity contribution in [2.45, 2.75) is 25.9 Å². The fourth-order valence-electron chi connectivity index (χ4n) is 2.28. The number of nitrogens with zero attached hydrogens (tertiary/aromatic N) is 4. The van der Waals surface area contributed by atoms with E-state index < -0.39 is 0 Å². The zero-order valence-corrected chi connectivity index (χ0v) is 12.1. The Morgan fingerprint density at radius 1 is 1.53 bits per heavy atom. The largest absolute Gasteiger partial charge is 0.493 e. The van der Waals surface area contributed by atoms with Gasteiger partial charge in [-0.05, 0) is 35.0 Å². The number of fused-ring (bicyclic) bond motifs is 1. The van der Waals surface area contributed by atoms with Gasteiger partial charge in [0.05, 0.1) is 19.2 Å². The Morgan fingerprint density at radius 2 is 2.37 bits per heavy atom. The summed E-state index contributed by atoms with van der Waals surface area (Å²) in [5.74, 6) is 1.63. The molecular weight excluding hydrogens is 310 g/mol. The molecule has 0 bridgehead atoms. The average molecular weight is 324 g/mol. The lowest BCUT2D eigenvalue weighted by Gasteiger charge is -2.11. The molecule has 1 aliphatic rings. The highest BCUT2D eigenvalue weighted by molar-refractivity contribution is 9.10. The van der Waals surface area contributed by atoms with Crippen LogP contribution in [0.5, 0.6) is 5.75 Å². The molecule has 0 spiro atoms. The second-order valence-electron chi connectivity index (χ2n) is 4.64. The van der Waals surface area contributed by atoms with E-state index in [0.29, 0.717) is 12.4 Å². The van der Waals surface area contributed by atoms with Gasteiger partial charge in [0.15, 0.2) is 5.82 Å². The van der Waals surface area contributed by atoms with Crippen molar-refractivity contribution >= 4 is 15.9 Å². The summed E-state index contributed by atoms with van der Waals surface area (Å²) in [6, 6.07) is 3.94. The molecule has 1 aliphatic heterocycles. The first-order chi connectivity index (χ1) is 9.15. The molecule has 19 heavy (non-hydrogen) atoms. The minimum Gasteiger partial charge on any atom is -0.493 e. The number of tetrazole rings is 1. The molecule has 0 saturated carbocycles. The van der Waals surface area contributed by atoms with Gasteiger partial charge < -0.3 is 10.5 Å². The molecule has 100 valence electrons.